The molecule has 0 saturated carbocycles. The highest BCUT2D eigenvalue weighted by Crippen LogP contribution is 2.27. The Balaban J connectivity index is 2.72. The van der Waals surface area contributed by atoms with Crippen molar-refractivity contribution in [3.63, 3.8) is 0 Å². The maximum Gasteiger partial charge on any atom is 0.319 e. The Morgan fingerprint density at radius 3 is 2.67 bits per heavy atom. The molecule has 0 aliphatic heterocycles. The molecule has 2 amide bonds. The van der Waals surface area contributed by atoms with Crippen LogP contribution in [0, 0.1) is 10.1 Å². The molecule has 1 rings (SSSR count). The number of amides is 2. The van der Waals surface area contributed by atoms with Crippen molar-refractivity contribution in [2.24, 2.45) is 0 Å². The van der Waals surface area contributed by atoms with Crippen molar-refractivity contribution >= 4 is 39.3 Å². The monoisotopic (exact) mass is 359 g/mol. The van der Waals surface area contributed by atoms with Crippen molar-refractivity contribution in [2.45, 2.75) is 25.8 Å². The number of carbonyl (C=O) groups is 2. The van der Waals surface area contributed by atoms with E-state index in [1.54, 1.807) is 6.92 Å². The topological polar surface area (TPSA) is 122 Å². The van der Waals surface area contributed by atoms with E-state index in [0.717, 1.165) is 0 Å². The van der Waals surface area contributed by atoms with Gasteiger partial charge in [-0.05, 0) is 34.5 Å². The number of aliphatic carboxylic acids is 1. The number of hydrogen-bond donors (Lipinski definition) is 3. The van der Waals surface area contributed by atoms with Crippen LogP contribution in [-0.2, 0) is 4.79 Å². The zero-order chi connectivity index (χ0) is 16.0. The first kappa shape index (κ1) is 16.9. The van der Waals surface area contributed by atoms with E-state index in [0.29, 0.717) is 10.9 Å². The number of nitrogens with one attached hydrogen (secondary N) is 2. The number of nitrogens with zero attached hydrogens (tertiary/aromatic N) is 1. The van der Waals surface area contributed by atoms with Gasteiger partial charge in [0, 0.05) is 17.8 Å². The third kappa shape index (κ3) is 5.38. The molecule has 21 heavy (non-hydrogen) atoms. The summed E-state index contributed by atoms with van der Waals surface area (Å²) in [5, 5.41) is 24.4. The number of anilines is 1. The summed E-state index contributed by atoms with van der Waals surface area (Å²) in [5.41, 5.74) is 0.0676. The van der Waals surface area contributed by atoms with E-state index in [2.05, 4.69) is 26.6 Å². The number of carbonyl (C=O) groups excluding carboxylic acids is 1. The number of rotatable bonds is 6. The molecule has 0 aliphatic carbocycles. The van der Waals surface area contributed by atoms with Gasteiger partial charge in [-0.15, -0.1) is 0 Å². The molecule has 0 saturated heterocycles. The van der Waals surface area contributed by atoms with Crippen LogP contribution >= 0.6 is 15.9 Å². The van der Waals surface area contributed by atoms with E-state index in [1.807, 2.05) is 0 Å². The summed E-state index contributed by atoms with van der Waals surface area (Å²) in [7, 11) is 0. The van der Waals surface area contributed by atoms with E-state index >= 15 is 0 Å². The van der Waals surface area contributed by atoms with Gasteiger partial charge < -0.3 is 15.7 Å². The molecule has 0 heterocycles. The second-order valence-electron chi connectivity index (χ2n) is 4.22. The van der Waals surface area contributed by atoms with Gasteiger partial charge >= 0.3 is 12.0 Å². The standard InChI is InChI=1S/C12H14BrN3O5/c1-2-7(6-11(17)18)14-12(19)15-8-3-4-9(13)10(5-8)16(20)21/h3-5,7H,2,6H2,1H3,(H,17,18)(H2,14,15,19). The Bertz CT molecular complexity index is 564. The Kier molecular flexibility index (Phi) is 6.10. The number of nitro benzene ring substituents is 1. The van der Waals surface area contributed by atoms with Crippen LogP contribution in [0.25, 0.3) is 0 Å². The summed E-state index contributed by atoms with van der Waals surface area (Å²) in [6.07, 6.45) is 0.268. The van der Waals surface area contributed by atoms with Gasteiger partial charge in [0.1, 0.15) is 0 Å². The smallest absolute Gasteiger partial charge is 0.319 e. The number of benzene rings is 1. The molecule has 0 fully saturated rings. The molecule has 1 atom stereocenters. The minimum absolute atomic E-state index is 0.176. The Hall–Kier alpha value is -2.16. The summed E-state index contributed by atoms with van der Waals surface area (Å²) in [6, 6.07) is 3.03. The Labute approximate surface area is 128 Å². The van der Waals surface area contributed by atoms with E-state index < -0.39 is 23.0 Å². The van der Waals surface area contributed by atoms with Gasteiger partial charge in [0.15, 0.2) is 0 Å². The maximum absolute atomic E-state index is 11.7. The fourth-order valence-corrected chi connectivity index (χ4v) is 1.98. The van der Waals surface area contributed by atoms with Gasteiger partial charge in [0.25, 0.3) is 5.69 Å². The van der Waals surface area contributed by atoms with Crippen LogP contribution in [0.2, 0.25) is 0 Å². The fraction of sp³-hybridized carbons (Fsp3) is 0.333. The van der Waals surface area contributed by atoms with Crippen molar-refractivity contribution in [1.82, 2.24) is 5.32 Å². The minimum Gasteiger partial charge on any atom is -0.481 e. The van der Waals surface area contributed by atoms with Crippen LogP contribution in [0.3, 0.4) is 0 Å². The van der Waals surface area contributed by atoms with Crippen LogP contribution < -0.4 is 10.6 Å². The molecule has 0 bridgehead atoms. The van der Waals surface area contributed by atoms with Crippen LogP contribution in [0.5, 0.6) is 0 Å². The van der Waals surface area contributed by atoms with E-state index in [9.17, 15) is 19.7 Å². The maximum atomic E-state index is 11.7. The molecule has 1 aromatic carbocycles. The largest absolute Gasteiger partial charge is 0.481 e. The number of urea groups is 1. The lowest BCUT2D eigenvalue weighted by molar-refractivity contribution is -0.385. The number of carboxylic acids is 1. The fourth-order valence-electron chi connectivity index (χ4n) is 1.59. The minimum atomic E-state index is -1.01. The third-order valence-corrected chi connectivity index (χ3v) is 3.32. The summed E-state index contributed by atoms with van der Waals surface area (Å²) >= 11 is 3.04. The van der Waals surface area contributed by atoms with Crippen molar-refractivity contribution in [1.29, 1.82) is 0 Å². The lowest BCUT2D eigenvalue weighted by Crippen LogP contribution is -2.38. The Morgan fingerprint density at radius 2 is 2.14 bits per heavy atom. The van der Waals surface area contributed by atoms with E-state index in [-0.39, 0.29) is 17.8 Å². The second kappa shape index (κ2) is 7.58. The second-order valence-corrected chi connectivity index (χ2v) is 5.08. The predicted octanol–water partition coefficient (Wildman–Crippen LogP) is 2.73. The van der Waals surface area contributed by atoms with Gasteiger partial charge in [0.2, 0.25) is 0 Å². The number of hydrogen-bond acceptors (Lipinski definition) is 4. The van der Waals surface area contributed by atoms with Crippen LogP contribution in [0.1, 0.15) is 19.8 Å². The van der Waals surface area contributed by atoms with Crippen LogP contribution in [-0.4, -0.2) is 28.1 Å². The van der Waals surface area contributed by atoms with Gasteiger partial charge in [-0.2, -0.15) is 0 Å². The summed E-state index contributed by atoms with van der Waals surface area (Å²) in [6.45, 7) is 1.75. The SMILES string of the molecule is CCC(CC(=O)O)NC(=O)Nc1ccc(Br)c([N+](=O)[O-])c1. The first-order valence-electron chi connectivity index (χ1n) is 6.06. The zero-order valence-electron chi connectivity index (χ0n) is 11.1. The molecule has 8 nitrogen and oxygen atoms in total. The highest BCUT2D eigenvalue weighted by Gasteiger charge is 2.16. The lowest BCUT2D eigenvalue weighted by atomic mass is 10.1. The van der Waals surface area contributed by atoms with Crippen molar-refractivity contribution in [3.05, 3.63) is 32.8 Å². The molecule has 114 valence electrons. The summed E-state index contributed by atoms with van der Waals surface area (Å²) < 4.78 is 0.302. The highest BCUT2D eigenvalue weighted by atomic mass is 79.9. The van der Waals surface area contributed by atoms with Crippen LogP contribution in [0.15, 0.2) is 22.7 Å². The molecule has 1 unspecified atom stereocenters. The molecule has 9 heteroatoms. The molecule has 0 aromatic heterocycles. The quantitative estimate of drug-likeness (QED) is 0.532. The zero-order valence-corrected chi connectivity index (χ0v) is 12.7. The highest BCUT2D eigenvalue weighted by molar-refractivity contribution is 9.10. The lowest BCUT2D eigenvalue weighted by Gasteiger charge is -2.15. The van der Waals surface area contributed by atoms with Gasteiger partial charge in [0.05, 0.1) is 15.8 Å². The van der Waals surface area contributed by atoms with E-state index in [1.165, 1.54) is 18.2 Å². The normalized spacial score (nSPS) is 11.5. The average molecular weight is 360 g/mol. The first-order chi connectivity index (χ1) is 9.83. The molecular formula is C12H14BrN3O5. The predicted molar refractivity (Wildman–Crippen MR) is 79.3 cm³/mol. The van der Waals surface area contributed by atoms with Crippen molar-refractivity contribution in [3.8, 4) is 0 Å². The Morgan fingerprint density at radius 1 is 1.48 bits per heavy atom. The molecule has 3 N–H and O–H groups in total. The molecule has 0 spiro atoms. The van der Waals surface area contributed by atoms with Crippen molar-refractivity contribution < 1.29 is 19.6 Å². The summed E-state index contributed by atoms with van der Waals surface area (Å²) in [4.78, 5) is 32.6. The van der Waals surface area contributed by atoms with Gasteiger partial charge in [-0.3, -0.25) is 14.9 Å². The average Bonchev–Trinajstić information content (AvgIpc) is 2.39. The number of nitro groups is 1. The van der Waals surface area contributed by atoms with Gasteiger partial charge in [-0.25, -0.2) is 4.79 Å². The number of carboxylic acid groups (broad SMARTS) is 1. The molecule has 0 radical (unpaired) electrons. The molecular weight excluding hydrogens is 346 g/mol. The number of halogens is 1. The van der Waals surface area contributed by atoms with Crippen molar-refractivity contribution in [2.75, 3.05) is 5.32 Å². The summed E-state index contributed by atoms with van der Waals surface area (Å²) in [5.74, 6) is -1.01. The third-order valence-electron chi connectivity index (χ3n) is 2.65. The first-order valence-corrected chi connectivity index (χ1v) is 6.86. The van der Waals surface area contributed by atoms with Gasteiger partial charge in [-0.1, -0.05) is 6.92 Å². The molecule has 1 aromatic rings. The molecule has 0 aliphatic rings. The van der Waals surface area contributed by atoms with E-state index in [4.69, 9.17) is 5.11 Å². The van der Waals surface area contributed by atoms with Crippen LogP contribution in [0.4, 0.5) is 16.2 Å².